The average molecular weight is 345 g/mol. The van der Waals surface area contributed by atoms with E-state index in [0.717, 1.165) is 23.9 Å². The number of ether oxygens (including phenoxy) is 2. The standard InChI is InChI=1S/C18H27N5O2/c1-22-20-18(19-21-22)13-23(15-7-5-4-6-8-15)12-14-9-10-16(24-2)17(11-14)25-3/h9-11,15H,4-8,12-13H2,1-3H3. The Morgan fingerprint density at radius 2 is 1.84 bits per heavy atom. The third-order valence-corrected chi connectivity index (χ3v) is 4.82. The van der Waals surface area contributed by atoms with Gasteiger partial charge in [0.2, 0.25) is 0 Å². The lowest BCUT2D eigenvalue weighted by Gasteiger charge is -2.33. The van der Waals surface area contributed by atoms with Gasteiger partial charge in [-0.2, -0.15) is 4.80 Å². The summed E-state index contributed by atoms with van der Waals surface area (Å²) >= 11 is 0. The predicted octanol–water partition coefficient (Wildman–Crippen LogP) is 2.56. The summed E-state index contributed by atoms with van der Waals surface area (Å²) in [5.74, 6) is 2.29. The summed E-state index contributed by atoms with van der Waals surface area (Å²) in [6.07, 6.45) is 6.38. The maximum absolute atomic E-state index is 5.44. The molecule has 0 atom stereocenters. The third kappa shape index (κ3) is 4.48. The molecule has 0 bridgehead atoms. The van der Waals surface area contributed by atoms with Gasteiger partial charge in [0.25, 0.3) is 0 Å². The average Bonchev–Trinajstić information content (AvgIpc) is 3.06. The lowest BCUT2D eigenvalue weighted by Crippen LogP contribution is -2.36. The molecular weight excluding hydrogens is 318 g/mol. The molecule has 0 amide bonds. The van der Waals surface area contributed by atoms with E-state index in [1.807, 2.05) is 6.07 Å². The molecule has 0 spiro atoms. The predicted molar refractivity (Wildman–Crippen MR) is 94.5 cm³/mol. The van der Waals surface area contributed by atoms with Crippen LogP contribution in [0, 0.1) is 0 Å². The van der Waals surface area contributed by atoms with Crippen molar-refractivity contribution in [3.63, 3.8) is 0 Å². The van der Waals surface area contributed by atoms with Crippen LogP contribution < -0.4 is 9.47 Å². The third-order valence-electron chi connectivity index (χ3n) is 4.82. The smallest absolute Gasteiger partial charge is 0.188 e. The molecule has 7 heteroatoms. The number of aromatic nitrogens is 4. The van der Waals surface area contributed by atoms with Gasteiger partial charge < -0.3 is 9.47 Å². The van der Waals surface area contributed by atoms with Gasteiger partial charge in [-0.1, -0.05) is 25.3 Å². The fraction of sp³-hybridized carbons (Fsp3) is 0.611. The summed E-state index contributed by atoms with van der Waals surface area (Å²) in [4.78, 5) is 3.99. The molecular formula is C18H27N5O2. The van der Waals surface area contributed by atoms with Crippen molar-refractivity contribution in [3.05, 3.63) is 29.6 Å². The number of aryl methyl sites for hydroxylation is 1. The molecule has 136 valence electrons. The Morgan fingerprint density at radius 1 is 1.08 bits per heavy atom. The molecule has 1 saturated carbocycles. The van der Waals surface area contributed by atoms with Crippen LogP contribution in [-0.4, -0.2) is 45.4 Å². The zero-order valence-corrected chi connectivity index (χ0v) is 15.3. The first-order valence-electron chi connectivity index (χ1n) is 8.87. The second-order valence-corrected chi connectivity index (χ2v) is 6.58. The lowest BCUT2D eigenvalue weighted by atomic mass is 9.93. The highest BCUT2D eigenvalue weighted by atomic mass is 16.5. The summed E-state index contributed by atoms with van der Waals surface area (Å²) < 4.78 is 10.8. The van der Waals surface area contributed by atoms with E-state index in [1.165, 1.54) is 42.5 Å². The first kappa shape index (κ1) is 17.7. The molecule has 0 aliphatic heterocycles. The van der Waals surface area contributed by atoms with Gasteiger partial charge in [-0.05, 0) is 35.8 Å². The van der Waals surface area contributed by atoms with Crippen LogP contribution in [0.15, 0.2) is 18.2 Å². The second-order valence-electron chi connectivity index (χ2n) is 6.58. The van der Waals surface area contributed by atoms with Crippen molar-refractivity contribution in [1.29, 1.82) is 0 Å². The maximum atomic E-state index is 5.44. The number of methoxy groups -OCH3 is 2. The van der Waals surface area contributed by atoms with Crippen LogP contribution in [0.25, 0.3) is 0 Å². The Bertz CT molecular complexity index is 682. The highest BCUT2D eigenvalue weighted by Crippen LogP contribution is 2.30. The van der Waals surface area contributed by atoms with Crippen LogP contribution in [0.2, 0.25) is 0 Å². The molecule has 7 nitrogen and oxygen atoms in total. The minimum absolute atomic E-state index is 0.561. The summed E-state index contributed by atoms with van der Waals surface area (Å²) in [7, 11) is 5.13. The SMILES string of the molecule is COc1ccc(CN(Cc2nnn(C)n2)C2CCCCC2)cc1OC. The molecule has 3 rings (SSSR count). The molecule has 1 aromatic heterocycles. The van der Waals surface area contributed by atoms with E-state index in [0.29, 0.717) is 12.6 Å². The van der Waals surface area contributed by atoms with Gasteiger partial charge in [0.05, 0.1) is 27.8 Å². The van der Waals surface area contributed by atoms with Crippen LogP contribution >= 0.6 is 0 Å². The van der Waals surface area contributed by atoms with Gasteiger partial charge in [-0.25, -0.2) is 0 Å². The topological polar surface area (TPSA) is 65.3 Å². The Labute approximate surface area is 148 Å². The van der Waals surface area contributed by atoms with Crippen molar-refractivity contribution in [2.75, 3.05) is 14.2 Å². The van der Waals surface area contributed by atoms with Crippen molar-refractivity contribution in [1.82, 2.24) is 25.1 Å². The van der Waals surface area contributed by atoms with E-state index >= 15 is 0 Å². The maximum Gasteiger partial charge on any atom is 0.188 e. The van der Waals surface area contributed by atoms with Crippen molar-refractivity contribution in [2.24, 2.45) is 7.05 Å². The molecule has 1 aliphatic rings. The molecule has 1 aromatic carbocycles. The van der Waals surface area contributed by atoms with Crippen LogP contribution in [0.5, 0.6) is 11.5 Å². The minimum atomic E-state index is 0.561. The number of rotatable bonds is 7. The fourth-order valence-corrected chi connectivity index (χ4v) is 3.54. The van der Waals surface area contributed by atoms with E-state index in [1.54, 1.807) is 21.3 Å². The van der Waals surface area contributed by atoms with Crippen molar-refractivity contribution >= 4 is 0 Å². The van der Waals surface area contributed by atoms with E-state index in [4.69, 9.17) is 9.47 Å². The number of hydrogen-bond donors (Lipinski definition) is 0. The first-order valence-corrected chi connectivity index (χ1v) is 8.87. The Hall–Kier alpha value is -2.15. The highest BCUT2D eigenvalue weighted by molar-refractivity contribution is 5.42. The molecule has 0 radical (unpaired) electrons. The second kappa shape index (κ2) is 8.29. The molecule has 1 aliphatic carbocycles. The number of nitrogens with zero attached hydrogens (tertiary/aromatic N) is 5. The van der Waals surface area contributed by atoms with Crippen LogP contribution in [0.3, 0.4) is 0 Å². The van der Waals surface area contributed by atoms with Crippen molar-refractivity contribution < 1.29 is 9.47 Å². The van der Waals surface area contributed by atoms with Gasteiger partial charge in [0.15, 0.2) is 17.3 Å². The number of hydrogen-bond acceptors (Lipinski definition) is 6. The first-order chi connectivity index (χ1) is 12.2. The Balaban J connectivity index is 1.78. The molecule has 0 N–H and O–H groups in total. The van der Waals surface area contributed by atoms with E-state index in [2.05, 4.69) is 32.4 Å². The monoisotopic (exact) mass is 345 g/mol. The van der Waals surface area contributed by atoms with Gasteiger partial charge in [-0.3, -0.25) is 4.90 Å². The van der Waals surface area contributed by atoms with Gasteiger partial charge in [0, 0.05) is 12.6 Å². The lowest BCUT2D eigenvalue weighted by molar-refractivity contribution is 0.136. The Morgan fingerprint density at radius 3 is 2.48 bits per heavy atom. The summed E-state index contributed by atoms with van der Waals surface area (Å²) in [6.45, 7) is 1.55. The van der Waals surface area contributed by atoms with E-state index in [9.17, 15) is 0 Å². The molecule has 0 saturated heterocycles. The molecule has 0 unspecified atom stereocenters. The molecule has 1 fully saturated rings. The quantitative estimate of drug-likeness (QED) is 0.768. The minimum Gasteiger partial charge on any atom is -0.493 e. The molecule has 2 aromatic rings. The highest BCUT2D eigenvalue weighted by Gasteiger charge is 2.23. The normalized spacial score (nSPS) is 15.5. The summed E-state index contributed by atoms with van der Waals surface area (Å²) in [6, 6.07) is 6.68. The van der Waals surface area contributed by atoms with E-state index in [-0.39, 0.29) is 0 Å². The summed E-state index contributed by atoms with van der Waals surface area (Å²) in [5, 5.41) is 12.5. The van der Waals surface area contributed by atoms with Gasteiger partial charge >= 0.3 is 0 Å². The molecule has 1 heterocycles. The zero-order valence-electron chi connectivity index (χ0n) is 15.3. The van der Waals surface area contributed by atoms with Crippen molar-refractivity contribution in [2.45, 2.75) is 51.2 Å². The van der Waals surface area contributed by atoms with Crippen LogP contribution in [-0.2, 0) is 20.1 Å². The Kier molecular flexibility index (Phi) is 5.86. The fourth-order valence-electron chi connectivity index (χ4n) is 3.54. The number of tetrazole rings is 1. The van der Waals surface area contributed by atoms with Crippen LogP contribution in [0.1, 0.15) is 43.5 Å². The molecule has 25 heavy (non-hydrogen) atoms. The number of benzene rings is 1. The van der Waals surface area contributed by atoms with Crippen molar-refractivity contribution in [3.8, 4) is 11.5 Å². The summed E-state index contributed by atoms with van der Waals surface area (Å²) in [5.41, 5.74) is 1.20. The van der Waals surface area contributed by atoms with Crippen LogP contribution in [0.4, 0.5) is 0 Å². The van der Waals surface area contributed by atoms with Gasteiger partial charge in [-0.15, -0.1) is 10.2 Å². The van der Waals surface area contributed by atoms with Gasteiger partial charge in [0.1, 0.15) is 0 Å². The van der Waals surface area contributed by atoms with E-state index < -0.39 is 0 Å². The largest absolute Gasteiger partial charge is 0.493 e. The zero-order chi connectivity index (χ0) is 17.6.